The van der Waals surface area contributed by atoms with E-state index in [9.17, 15) is 5.26 Å². The van der Waals surface area contributed by atoms with Crippen molar-refractivity contribution >= 4 is 40.8 Å². The molecule has 128 valence electrons. The summed E-state index contributed by atoms with van der Waals surface area (Å²) >= 11 is 14.1. The van der Waals surface area contributed by atoms with Gasteiger partial charge in [-0.1, -0.05) is 48.0 Å². The minimum Gasteiger partial charge on any atom is -0.422 e. The number of nitrogens with zero attached hydrogens (tertiary/aromatic N) is 3. The Morgan fingerprint density at radius 1 is 1.24 bits per heavy atom. The molecular weight excluding hydrogens is 381 g/mol. The number of hydrogen-bond acceptors (Lipinski definition) is 7. The molecular formula is C16H13Cl2N5OS. The van der Waals surface area contributed by atoms with Crippen LogP contribution >= 0.6 is 35.0 Å². The van der Waals surface area contributed by atoms with Crippen molar-refractivity contribution in [2.24, 2.45) is 5.73 Å². The number of nitrogen functional groups attached to an aromatic ring is 1. The number of anilines is 1. The molecule has 6 nitrogen and oxygen atoms in total. The molecule has 2 aromatic rings. The maximum atomic E-state index is 9.59. The van der Waals surface area contributed by atoms with Crippen LogP contribution in [0.2, 0.25) is 10.0 Å². The van der Waals surface area contributed by atoms with E-state index in [-0.39, 0.29) is 23.2 Å². The van der Waals surface area contributed by atoms with E-state index < -0.39 is 5.92 Å². The third-order valence-corrected chi connectivity index (χ3v) is 5.04. The zero-order chi connectivity index (χ0) is 18.1. The summed E-state index contributed by atoms with van der Waals surface area (Å²) in [5.41, 5.74) is 13.2. The number of hydrogen-bond donors (Lipinski definition) is 2. The van der Waals surface area contributed by atoms with Gasteiger partial charge in [0.25, 0.3) is 0 Å². The van der Waals surface area contributed by atoms with E-state index in [0.29, 0.717) is 26.3 Å². The van der Waals surface area contributed by atoms with E-state index in [4.69, 9.17) is 39.4 Å². The number of nitrogens with two attached hydrogens (primary N) is 2. The molecule has 25 heavy (non-hydrogen) atoms. The van der Waals surface area contributed by atoms with Gasteiger partial charge in [-0.05, 0) is 17.9 Å². The van der Waals surface area contributed by atoms with Gasteiger partial charge in [0.15, 0.2) is 5.16 Å². The van der Waals surface area contributed by atoms with Gasteiger partial charge >= 0.3 is 0 Å². The zero-order valence-electron chi connectivity index (χ0n) is 13.1. The number of thioether (sulfide) groups is 1. The molecule has 1 aromatic heterocycles. The Hall–Kier alpha value is -2.14. The number of allylic oxidation sites excluding steroid dienone is 1. The molecule has 4 N–H and O–H groups in total. The molecule has 1 atom stereocenters. The molecule has 0 fully saturated rings. The van der Waals surface area contributed by atoms with Crippen LogP contribution < -0.4 is 16.2 Å². The fraction of sp³-hybridized carbons (Fsp3) is 0.188. The summed E-state index contributed by atoms with van der Waals surface area (Å²) in [5.74, 6) is 0.424. The third kappa shape index (κ3) is 3.09. The average Bonchev–Trinajstić information content (AvgIpc) is 2.54. The normalized spacial score (nSPS) is 16.2. The third-order valence-electron chi connectivity index (χ3n) is 3.65. The van der Waals surface area contributed by atoms with Gasteiger partial charge in [0.05, 0.1) is 11.5 Å². The van der Waals surface area contributed by atoms with Crippen molar-refractivity contribution in [3.05, 3.63) is 50.8 Å². The van der Waals surface area contributed by atoms with Crippen molar-refractivity contribution in [2.75, 3.05) is 11.5 Å². The largest absolute Gasteiger partial charge is 0.422 e. The summed E-state index contributed by atoms with van der Waals surface area (Å²) in [6, 6.07) is 7.14. The number of aromatic nitrogens is 2. The lowest BCUT2D eigenvalue weighted by Crippen LogP contribution is -2.24. The fourth-order valence-electron chi connectivity index (χ4n) is 2.63. The quantitative estimate of drug-likeness (QED) is 0.603. The van der Waals surface area contributed by atoms with Crippen LogP contribution in [-0.4, -0.2) is 15.7 Å². The lowest BCUT2D eigenvalue weighted by Gasteiger charge is -2.27. The van der Waals surface area contributed by atoms with Crippen LogP contribution in [0.1, 0.15) is 24.0 Å². The highest BCUT2D eigenvalue weighted by atomic mass is 35.5. The number of nitriles is 1. The molecule has 0 spiro atoms. The fourth-order valence-corrected chi connectivity index (χ4v) is 3.81. The van der Waals surface area contributed by atoms with Gasteiger partial charge in [0.2, 0.25) is 11.8 Å². The minimum absolute atomic E-state index is 0.0541. The van der Waals surface area contributed by atoms with Crippen LogP contribution in [0.15, 0.2) is 34.8 Å². The molecule has 0 aliphatic carbocycles. The minimum atomic E-state index is -0.698. The maximum Gasteiger partial charge on any atom is 0.231 e. The van der Waals surface area contributed by atoms with E-state index in [0.717, 1.165) is 5.75 Å². The lowest BCUT2D eigenvalue weighted by atomic mass is 9.84. The van der Waals surface area contributed by atoms with Crippen molar-refractivity contribution in [3.63, 3.8) is 0 Å². The molecule has 1 unspecified atom stereocenters. The van der Waals surface area contributed by atoms with Crippen molar-refractivity contribution in [1.29, 1.82) is 5.26 Å². The first kappa shape index (κ1) is 17.7. The van der Waals surface area contributed by atoms with Crippen LogP contribution in [0.25, 0.3) is 0 Å². The highest BCUT2D eigenvalue weighted by Gasteiger charge is 2.36. The summed E-state index contributed by atoms with van der Waals surface area (Å²) in [6.45, 7) is 1.97. The Bertz CT molecular complexity index is 905. The molecule has 1 aliphatic rings. The van der Waals surface area contributed by atoms with Crippen molar-refractivity contribution < 1.29 is 4.74 Å². The van der Waals surface area contributed by atoms with Gasteiger partial charge in [-0.15, -0.1) is 0 Å². The van der Waals surface area contributed by atoms with Crippen LogP contribution in [0, 0.1) is 11.3 Å². The Kier molecular flexibility index (Phi) is 4.95. The Morgan fingerprint density at radius 3 is 2.52 bits per heavy atom. The smallest absolute Gasteiger partial charge is 0.231 e. The average molecular weight is 394 g/mol. The number of halogens is 2. The van der Waals surface area contributed by atoms with E-state index in [2.05, 4.69) is 16.0 Å². The second-order valence-electron chi connectivity index (χ2n) is 5.10. The molecule has 0 bridgehead atoms. The number of benzene rings is 1. The number of fused-ring (bicyclic) bond motifs is 1. The first-order valence-electron chi connectivity index (χ1n) is 7.29. The maximum absolute atomic E-state index is 9.59. The first-order valence-corrected chi connectivity index (χ1v) is 9.03. The molecule has 9 heteroatoms. The van der Waals surface area contributed by atoms with Gasteiger partial charge in [-0.3, -0.25) is 0 Å². The molecule has 1 aromatic carbocycles. The van der Waals surface area contributed by atoms with E-state index in [1.807, 2.05) is 6.92 Å². The summed E-state index contributed by atoms with van der Waals surface area (Å²) in [4.78, 5) is 8.65. The number of rotatable bonds is 3. The van der Waals surface area contributed by atoms with Crippen molar-refractivity contribution in [1.82, 2.24) is 9.97 Å². The molecule has 0 radical (unpaired) electrons. The molecule has 0 saturated heterocycles. The summed E-state index contributed by atoms with van der Waals surface area (Å²) in [5, 5.41) is 10.8. The van der Waals surface area contributed by atoms with Crippen LogP contribution in [0.3, 0.4) is 0 Å². The standard InChI is InChI=1S/C16H13Cl2N5OS/c1-2-25-16-22-13(20)12-10(11-8(17)4-3-5-9(11)18)7(6-19)14(21)24-15(12)23-16/h3-5,10H,2,21H2,1H3,(H2,20,22,23). The molecule has 2 heterocycles. The van der Waals surface area contributed by atoms with Crippen LogP contribution in [0.5, 0.6) is 5.88 Å². The van der Waals surface area contributed by atoms with Crippen molar-refractivity contribution in [2.45, 2.75) is 18.0 Å². The topological polar surface area (TPSA) is 111 Å². The molecule has 3 rings (SSSR count). The van der Waals surface area contributed by atoms with Gasteiger partial charge in [0, 0.05) is 15.6 Å². The van der Waals surface area contributed by atoms with E-state index in [1.165, 1.54) is 11.8 Å². The Balaban J connectivity index is 2.30. The summed E-state index contributed by atoms with van der Waals surface area (Å²) in [7, 11) is 0. The predicted molar refractivity (Wildman–Crippen MR) is 98.6 cm³/mol. The molecule has 1 aliphatic heterocycles. The van der Waals surface area contributed by atoms with Gasteiger partial charge in [0.1, 0.15) is 17.5 Å². The van der Waals surface area contributed by atoms with Crippen molar-refractivity contribution in [3.8, 4) is 11.9 Å². The predicted octanol–water partition coefficient (Wildman–Crippen LogP) is 3.70. The number of ether oxygens (including phenoxy) is 1. The van der Waals surface area contributed by atoms with E-state index >= 15 is 0 Å². The van der Waals surface area contributed by atoms with Crippen LogP contribution in [0.4, 0.5) is 5.82 Å². The molecule has 0 saturated carbocycles. The second-order valence-corrected chi connectivity index (χ2v) is 7.15. The Labute approximate surface area is 158 Å². The summed E-state index contributed by atoms with van der Waals surface area (Å²) in [6.07, 6.45) is 0. The zero-order valence-corrected chi connectivity index (χ0v) is 15.4. The van der Waals surface area contributed by atoms with Gasteiger partial charge < -0.3 is 16.2 Å². The lowest BCUT2D eigenvalue weighted by molar-refractivity contribution is 0.373. The highest BCUT2D eigenvalue weighted by molar-refractivity contribution is 7.99. The monoisotopic (exact) mass is 393 g/mol. The van der Waals surface area contributed by atoms with E-state index in [1.54, 1.807) is 18.2 Å². The summed E-state index contributed by atoms with van der Waals surface area (Å²) < 4.78 is 5.54. The molecule has 0 amide bonds. The first-order chi connectivity index (χ1) is 12.0. The Morgan fingerprint density at radius 2 is 1.92 bits per heavy atom. The second kappa shape index (κ2) is 7.00. The SMILES string of the molecule is CCSc1nc(N)c2c(n1)OC(N)=C(C#N)C2c1c(Cl)cccc1Cl. The van der Waals surface area contributed by atoms with Gasteiger partial charge in [-0.2, -0.15) is 10.2 Å². The highest BCUT2D eigenvalue weighted by Crippen LogP contribution is 2.47. The van der Waals surface area contributed by atoms with Crippen LogP contribution in [-0.2, 0) is 0 Å². The van der Waals surface area contributed by atoms with Gasteiger partial charge in [-0.25, -0.2) is 4.98 Å².